The Morgan fingerprint density at radius 2 is 2.00 bits per heavy atom. The summed E-state index contributed by atoms with van der Waals surface area (Å²) in [6.45, 7) is 2.33. The van der Waals surface area contributed by atoms with Crippen LogP contribution in [0.5, 0.6) is 0 Å². The average Bonchev–Trinajstić information content (AvgIpc) is 3.08. The van der Waals surface area contributed by atoms with E-state index in [4.69, 9.17) is 0 Å². The van der Waals surface area contributed by atoms with Crippen LogP contribution in [0.2, 0.25) is 0 Å². The Hall–Kier alpha value is -2.04. The van der Waals surface area contributed by atoms with Crippen molar-refractivity contribution in [3.8, 4) is 0 Å². The highest BCUT2D eigenvalue weighted by atomic mass is 19.3. The van der Waals surface area contributed by atoms with Gasteiger partial charge in [0.2, 0.25) is 5.91 Å². The maximum Gasteiger partial charge on any atom is 0.265 e. The van der Waals surface area contributed by atoms with Crippen molar-refractivity contribution >= 4 is 11.5 Å². The number of pyridine rings is 1. The second kappa shape index (κ2) is 6.75. The highest BCUT2D eigenvalue weighted by molar-refractivity contribution is 5.79. The Balaban J connectivity index is 1.44. The predicted octanol–water partition coefficient (Wildman–Crippen LogP) is 5.61. The van der Waals surface area contributed by atoms with Crippen LogP contribution in [0.25, 0.3) is 5.57 Å². The van der Waals surface area contributed by atoms with Crippen molar-refractivity contribution in [2.24, 2.45) is 29.1 Å². The number of likely N-dealkylation sites (tertiary alicyclic amines) is 1. The Morgan fingerprint density at radius 1 is 1.17 bits per heavy atom. The first-order valence-corrected chi connectivity index (χ1v) is 10.8. The predicted molar refractivity (Wildman–Crippen MR) is 108 cm³/mol. The van der Waals surface area contributed by atoms with Gasteiger partial charge in [0.15, 0.2) is 0 Å². The van der Waals surface area contributed by atoms with Gasteiger partial charge in [-0.05, 0) is 72.5 Å². The molecule has 3 aliphatic carbocycles. The molecule has 2 fully saturated rings. The number of carbonyl (C=O) groups excluding carboxylic acids is 1. The summed E-state index contributed by atoms with van der Waals surface area (Å²) in [5.41, 5.74) is 3.34. The molecular weight excluding hydrogens is 370 g/mol. The molecule has 5 rings (SSSR count). The molecule has 1 aromatic heterocycles. The van der Waals surface area contributed by atoms with Crippen LogP contribution in [-0.2, 0) is 4.79 Å². The number of fused-ring (bicyclic) bond motifs is 5. The van der Waals surface area contributed by atoms with Crippen molar-refractivity contribution in [1.82, 2.24) is 9.88 Å². The Bertz CT molecular complexity index is 908. The van der Waals surface area contributed by atoms with E-state index in [2.05, 4.69) is 24.1 Å². The van der Waals surface area contributed by atoms with E-state index in [0.717, 1.165) is 37.7 Å². The molecule has 3 nitrogen and oxygen atoms in total. The van der Waals surface area contributed by atoms with Gasteiger partial charge < -0.3 is 4.90 Å². The lowest BCUT2D eigenvalue weighted by Crippen LogP contribution is -2.48. The number of nitrogens with zero attached hydrogens (tertiary/aromatic N) is 2. The van der Waals surface area contributed by atoms with Crippen molar-refractivity contribution in [3.05, 3.63) is 47.4 Å². The fourth-order valence-electron chi connectivity index (χ4n) is 6.86. The molecule has 1 aromatic rings. The number of aromatic nitrogens is 1. The first-order chi connectivity index (χ1) is 13.9. The number of hydrogen-bond acceptors (Lipinski definition) is 2. The van der Waals surface area contributed by atoms with E-state index in [1.807, 2.05) is 11.9 Å². The zero-order chi connectivity index (χ0) is 20.3. The fraction of sp³-hybridized carbons (Fsp3) is 0.583. The van der Waals surface area contributed by atoms with Crippen LogP contribution >= 0.6 is 0 Å². The van der Waals surface area contributed by atoms with Crippen molar-refractivity contribution in [1.29, 1.82) is 0 Å². The van der Waals surface area contributed by atoms with Crippen LogP contribution < -0.4 is 0 Å². The first kappa shape index (κ1) is 19.0. The summed E-state index contributed by atoms with van der Waals surface area (Å²) in [5, 5.41) is 0. The highest BCUT2D eigenvalue weighted by Gasteiger charge is 2.54. The van der Waals surface area contributed by atoms with E-state index < -0.39 is 6.43 Å². The summed E-state index contributed by atoms with van der Waals surface area (Å²) in [7, 11) is 1.92. The summed E-state index contributed by atoms with van der Waals surface area (Å²) in [6.07, 6.45) is 11.0. The monoisotopic (exact) mass is 398 g/mol. The van der Waals surface area contributed by atoms with Crippen LogP contribution in [-0.4, -0.2) is 22.8 Å². The molecule has 5 unspecified atom stereocenters. The van der Waals surface area contributed by atoms with Crippen LogP contribution in [0, 0.1) is 29.1 Å². The lowest BCUT2D eigenvalue weighted by atomic mass is 9.52. The van der Waals surface area contributed by atoms with E-state index in [9.17, 15) is 13.6 Å². The number of alkyl halides is 2. The molecule has 1 aliphatic heterocycles. The largest absolute Gasteiger partial charge is 0.319 e. The minimum absolute atomic E-state index is 0.00397. The molecule has 0 bridgehead atoms. The number of rotatable bonds is 2. The van der Waals surface area contributed by atoms with Gasteiger partial charge in [0.1, 0.15) is 0 Å². The fourth-order valence-corrected chi connectivity index (χ4v) is 6.86. The van der Waals surface area contributed by atoms with Gasteiger partial charge in [0, 0.05) is 43.0 Å². The molecule has 0 aromatic carbocycles. The number of carbonyl (C=O) groups is 1. The number of halogens is 2. The molecule has 1 saturated heterocycles. The molecule has 5 atom stereocenters. The van der Waals surface area contributed by atoms with Crippen molar-refractivity contribution < 1.29 is 13.6 Å². The van der Waals surface area contributed by atoms with Crippen LogP contribution in [0.15, 0.2) is 36.3 Å². The minimum atomic E-state index is -2.49. The second-order valence-electron chi connectivity index (χ2n) is 9.51. The topological polar surface area (TPSA) is 33.2 Å². The average molecular weight is 398 g/mol. The maximum atomic E-state index is 13.2. The van der Waals surface area contributed by atoms with Crippen molar-refractivity contribution in [2.75, 3.05) is 7.05 Å². The van der Waals surface area contributed by atoms with Crippen LogP contribution in [0.4, 0.5) is 8.78 Å². The zero-order valence-electron chi connectivity index (χ0n) is 17.1. The summed E-state index contributed by atoms with van der Waals surface area (Å²) in [5.74, 6) is 2.50. The number of hydrogen-bond donors (Lipinski definition) is 0. The van der Waals surface area contributed by atoms with Gasteiger partial charge in [-0.25, -0.2) is 8.78 Å². The van der Waals surface area contributed by atoms with E-state index in [1.54, 1.807) is 12.3 Å². The molecule has 0 N–H and O–H groups in total. The van der Waals surface area contributed by atoms with Gasteiger partial charge in [0.05, 0.1) is 0 Å². The second-order valence-corrected chi connectivity index (χ2v) is 9.51. The quantitative estimate of drug-likeness (QED) is 0.649. The third-order valence-electron chi connectivity index (χ3n) is 8.32. The molecule has 5 heteroatoms. The summed E-state index contributed by atoms with van der Waals surface area (Å²) in [6, 6.07) is 1.63. The molecular formula is C24H28F2N2O. The van der Waals surface area contributed by atoms with Gasteiger partial charge in [-0.15, -0.1) is 0 Å². The normalized spacial score (nSPS) is 36.3. The molecule has 0 radical (unpaired) electrons. The highest BCUT2D eigenvalue weighted by Crippen LogP contribution is 2.63. The van der Waals surface area contributed by atoms with Crippen LogP contribution in [0.1, 0.15) is 63.0 Å². The molecule has 29 heavy (non-hydrogen) atoms. The minimum Gasteiger partial charge on any atom is -0.319 e. The number of amides is 1. The molecule has 2 heterocycles. The standard InChI is InChI=1S/C24H28F2N2O/c1-24-10-9-16-17(3-7-21-18(16)4-8-22(29)28(21)2)20(24)6-5-19(24)14-11-15(23(25)26)13-27-12-14/h5,7,11-13,16-18,20,23H,3-4,6,8-10H2,1-2H3. The lowest BCUT2D eigenvalue weighted by molar-refractivity contribution is -0.132. The SMILES string of the molecule is CN1C(=O)CCC2C1=CCC1C2CCC2(C)C(c3cncc(C(F)F)c3)=CCC12. The maximum absolute atomic E-state index is 13.2. The van der Waals surface area contributed by atoms with Gasteiger partial charge in [-0.1, -0.05) is 19.1 Å². The van der Waals surface area contributed by atoms with Gasteiger partial charge in [-0.2, -0.15) is 0 Å². The van der Waals surface area contributed by atoms with Crippen molar-refractivity contribution in [2.45, 2.75) is 51.9 Å². The lowest BCUT2D eigenvalue weighted by Gasteiger charge is -2.53. The van der Waals surface area contributed by atoms with E-state index in [-0.39, 0.29) is 16.9 Å². The van der Waals surface area contributed by atoms with Gasteiger partial charge in [-0.3, -0.25) is 9.78 Å². The van der Waals surface area contributed by atoms with Gasteiger partial charge >= 0.3 is 0 Å². The number of piperidine rings is 1. The van der Waals surface area contributed by atoms with Crippen LogP contribution in [0.3, 0.4) is 0 Å². The molecule has 154 valence electrons. The molecule has 0 spiro atoms. The smallest absolute Gasteiger partial charge is 0.265 e. The van der Waals surface area contributed by atoms with Crippen molar-refractivity contribution in [3.63, 3.8) is 0 Å². The third-order valence-corrected chi connectivity index (χ3v) is 8.32. The van der Waals surface area contributed by atoms with E-state index in [1.165, 1.54) is 17.5 Å². The number of allylic oxidation sites excluding steroid dienone is 4. The first-order valence-electron chi connectivity index (χ1n) is 10.8. The summed E-state index contributed by atoms with van der Waals surface area (Å²) in [4.78, 5) is 18.1. The Kier molecular flexibility index (Phi) is 4.41. The Labute approximate surface area is 170 Å². The molecule has 1 saturated carbocycles. The summed E-state index contributed by atoms with van der Waals surface area (Å²) >= 11 is 0. The molecule has 1 amide bonds. The third kappa shape index (κ3) is 2.80. The Morgan fingerprint density at radius 3 is 2.79 bits per heavy atom. The van der Waals surface area contributed by atoms with E-state index in [0.29, 0.717) is 30.1 Å². The molecule has 4 aliphatic rings. The van der Waals surface area contributed by atoms with Gasteiger partial charge in [0.25, 0.3) is 6.43 Å². The van der Waals surface area contributed by atoms with E-state index >= 15 is 0 Å². The summed E-state index contributed by atoms with van der Waals surface area (Å²) < 4.78 is 26.4. The zero-order valence-corrected chi connectivity index (χ0v) is 17.1.